The summed E-state index contributed by atoms with van der Waals surface area (Å²) in [6, 6.07) is 2.66. The van der Waals surface area contributed by atoms with Crippen LogP contribution >= 0.6 is 34.7 Å². The molecule has 11 heteroatoms. The van der Waals surface area contributed by atoms with Crippen LogP contribution in [0.2, 0.25) is 5.02 Å². The number of hydrogen-bond donors (Lipinski definition) is 0. The summed E-state index contributed by atoms with van der Waals surface area (Å²) in [7, 11) is 1.52. The van der Waals surface area contributed by atoms with Gasteiger partial charge in [-0.3, -0.25) is 14.3 Å². The first-order valence-electron chi connectivity index (χ1n) is 9.07. The van der Waals surface area contributed by atoms with E-state index < -0.39 is 17.0 Å². The van der Waals surface area contributed by atoms with Gasteiger partial charge in [0.15, 0.2) is 0 Å². The number of thioether (sulfide) groups is 1. The first-order chi connectivity index (χ1) is 13.9. The minimum Gasteiger partial charge on any atom is -0.462 e. The Kier molecular flexibility index (Phi) is 7.55. The highest BCUT2D eigenvalue weighted by atomic mass is 35.5. The summed E-state index contributed by atoms with van der Waals surface area (Å²) in [5.41, 5.74) is 0.0690. The molecule has 29 heavy (non-hydrogen) atoms. The fourth-order valence-corrected chi connectivity index (χ4v) is 4.87. The Labute approximate surface area is 180 Å². The van der Waals surface area contributed by atoms with Crippen molar-refractivity contribution >= 4 is 46.4 Å². The van der Waals surface area contributed by atoms with Gasteiger partial charge >= 0.3 is 10.8 Å². The first-order valence-corrected chi connectivity index (χ1v) is 11.1. The number of ether oxygens (including phenoxy) is 2. The van der Waals surface area contributed by atoms with Crippen LogP contribution in [0, 0.1) is 5.82 Å². The summed E-state index contributed by atoms with van der Waals surface area (Å²) in [5.74, 6) is -1.01. The third-order valence-corrected chi connectivity index (χ3v) is 6.71. The zero-order valence-electron chi connectivity index (χ0n) is 16.0. The van der Waals surface area contributed by atoms with E-state index in [2.05, 4.69) is 4.99 Å². The summed E-state index contributed by atoms with van der Waals surface area (Å²) in [4.78, 5) is 29.4. The molecule has 1 aliphatic heterocycles. The smallest absolute Gasteiger partial charge is 0.325 e. The normalized spacial score (nSPS) is 15.2. The van der Waals surface area contributed by atoms with Crippen LogP contribution in [0.15, 0.2) is 26.8 Å². The Morgan fingerprint density at radius 2 is 2.07 bits per heavy atom. The van der Waals surface area contributed by atoms with Gasteiger partial charge in [-0.2, -0.15) is 0 Å². The Morgan fingerprint density at radius 1 is 1.34 bits per heavy atom. The van der Waals surface area contributed by atoms with Gasteiger partial charge in [0, 0.05) is 25.1 Å². The minimum absolute atomic E-state index is 0.0690. The molecule has 1 atom stereocenters. The van der Waals surface area contributed by atoms with Crippen LogP contribution in [0.5, 0.6) is 0 Å². The number of benzene rings is 1. The van der Waals surface area contributed by atoms with Gasteiger partial charge in [0.25, 0.3) is 0 Å². The molecule has 0 fully saturated rings. The maximum atomic E-state index is 14.5. The second-order valence-corrected chi connectivity index (χ2v) is 9.08. The highest BCUT2D eigenvalue weighted by Gasteiger charge is 2.19. The fraction of sp³-hybridized carbons (Fsp3) is 0.500. The molecule has 2 aromatic rings. The fourth-order valence-electron chi connectivity index (χ4n) is 2.80. The number of carbonyl (C=O) groups excluding carboxylic acids is 1. The Balaban J connectivity index is 1.87. The van der Waals surface area contributed by atoms with E-state index in [9.17, 15) is 14.0 Å². The molecule has 2 heterocycles. The molecule has 0 amide bonds. The molecule has 158 valence electrons. The average molecular weight is 462 g/mol. The van der Waals surface area contributed by atoms with Crippen LogP contribution in [0.1, 0.15) is 19.8 Å². The van der Waals surface area contributed by atoms with Crippen molar-refractivity contribution in [1.29, 1.82) is 0 Å². The third kappa shape index (κ3) is 5.30. The van der Waals surface area contributed by atoms with Gasteiger partial charge in [0.05, 0.1) is 11.6 Å². The molecule has 0 bridgehead atoms. The lowest BCUT2D eigenvalue weighted by atomic mass is 10.3. The number of fused-ring (bicyclic) bond motifs is 1. The molecule has 0 aliphatic carbocycles. The van der Waals surface area contributed by atoms with E-state index in [1.54, 1.807) is 16.3 Å². The van der Waals surface area contributed by atoms with Crippen molar-refractivity contribution in [3.63, 3.8) is 0 Å². The number of methoxy groups -OCH3 is 1. The van der Waals surface area contributed by atoms with Crippen LogP contribution in [-0.4, -0.2) is 40.9 Å². The van der Waals surface area contributed by atoms with Crippen molar-refractivity contribution in [2.45, 2.75) is 43.0 Å². The number of rotatable bonds is 7. The standard InChI is InChI=1S/C18H21ClFN3O4S2/c1-11(16(24)27-8-7-26-2)28-15-10-14(13(20)9-12(15)19)21-17-22-5-3-4-6-23(22)18(25)29-17/h9-11H,3-8H2,1-2H3/b21-17+. The van der Waals surface area contributed by atoms with Gasteiger partial charge in [0.2, 0.25) is 4.80 Å². The van der Waals surface area contributed by atoms with Crippen molar-refractivity contribution in [3.05, 3.63) is 37.4 Å². The predicted molar refractivity (Wildman–Crippen MR) is 111 cm³/mol. The van der Waals surface area contributed by atoms with E-state index >= 15 is 0 Å². The molecule has 0 saturated carbocycles. The Morgan fingerprint density at radius 3 is 2.79 bits per heavy atom. The van der Waals surface area contributed by atoms with Crippen molar-refractivity contribution in [3.8, 4) is 0 Å². The van der Waals surface area contributed by atoms with Gasteiger partial charge < -0.3 is 9.47 Å². The second kappa shape index (κ2) is 9.92. The van der Waals surface area contributed by atoms with Gasteiger partial charge in [0.1, 0.15) is 23.4 Å². The van der Waals surface area contributed by atoms with Gasteiger partial charge in [-0.1, -0.05) is 11.6 Å². The molecule has 3 rings (SSSR count). The maximum Gasteiger partial charge on any atom is 0.325 e. The minimum atomic E-state index is -0.592. The third-order valence-electron chi connectivity index (χ3n) is 4.28. The lowest BCUT2D eigenvalue weighted by Gasteiger charge is -2.16. The molecule has 0 N–H and O–H groups in total. The molecule has 0 radical (unpaired) electrons. The summed E-state index contributed by atoms with van der Waals surface area (Å²) < 4.78 is 27.9. The molecule has 1 aromatic heterocycles. The molecule has 1 aliphatic rings. The van der Waals surface area contributed by atoms with E-state index in [0.29, 0.717) is 29.4 Å². The topological polar surface area (TPSA) is 74.8 Å². The lowest BCUT2D eigenvalue weighted by Crippen LogP contribution is -2.31. The van der Waals surface area contributed by atoms with Gasteiger partial charge in [-0.05, 0) is 43.2 Å². The summed E-state index contributed by atoms with van der Waals surface area (Å²) in [5, 5.41) is -0.363. The van der Waals surface area contributed by atoms with E-state index in [1.165, 1.54) is 19.2 Å². The highest BCUT2D eigenvalue weighted by molar-refractivity contribution is 8.00. The first kappa shape index (κ1) is 22.1. The van der Waals surface area contributed by atoms with Crippen molar-refractivity contribution in [2.24, 2.45) is 4.99 Å². The molecule has 0 saturated heterocycles. The Bertz CT molecular complexity index is 1020. The van der Waals surface area contributed by atoms with E-state index in [-0.39, 0.29) is 22.2 Å². The molecule has 0 spiro atoms. The number of nitrogens with zero attached hydrogens (tertiary/aromatic N) is 3. The monoisotopic (exact) mass is 461 g/mol. The van der Waals surface area contributed by atoms with Gasteiger partial charge in [-0.15, -0.1) is 11.8 Å². The number of halogens is 2. The van der Waals surface area contributed by atoms with E-state index in [0.717, 1.165) is 35.9 Å². The average Bonchev–Trinajstić information content (AvgIpc) is 3.01. The molecule has 1 aromatic carbocycles. The van der Waals surface area contributed by atoms with E-state index in [4.69, 9.17) is 21.1 Å². The summed E-state index contributed by atoms with van der Waals surface area (Å²) in [6.45, 7) is 3.46. The number of carbonyl (C=O) groups is 1. The number of aromatic nitrogens is 2. The molecular weight excluding hydrogens is 441 g/mol. The predicted octanol–water partition coefficient (Wildman–Crippen LogP) is 3.20. The van der Waals surface area contributed by atoms with E-state index in [1.807, 2.05) is 0 Å². The second-order valence-electron chi connectivity index (χ2n) is 6.37. The van der Waals surface area contributed by atoms with Gasteiger partial charge in [-0.25, -0.2) is 14.1 Å². The number of hydrogen-bond acceptors (Lipinski definition) is 7. The summed E-state index contributed by atoms with van der Waals surface area (Å²) >= 11 is 8.31. The van der Waals surface area contributed by atoms with Crippen LogP contribution in [-0.2, 0) is 27.4 Å². The zero-order valence-corrected chi connectivity index (χ0v) is 18.4. The van der Waals surface area contributed by atoms with Crippen LogP contribution in [0.25, 0.3) is 0 Å². The van der Waals surface area contributed by atoms with Crippen molar-refractivity contribution in [1.82, 2.24) is 9.36 Å². The summed E-state index contributed by atoms with van der Waals surface area (Å²) in [6.07, 6.45) is 1.88. The Hall–Kier alpha value is -1.62. The maximum absolute atomic E-state index is 14.5. The largest absolute Gasteiger partial charge is 0.462 e. The molecule has 1 unspecified atom stereocenters. The lowest BCUT2D eigenvalue weighted by molar-refractivity contribution is -0.143. The zero-order chi connectivity index (χ0) is 21.0. The van der Waals surface area contributed by atoms with Crippen LogP contribution in [0.3, 0.4) is 0 Å². The molecular formula is C18H21ClFN3O4S2. The number of esters is 1. The quantitative estimate of drug-likeness (QED) is 0.359. The van der Waals surface area contributed by atoms with Crippen LogP contribution in [0.4, 0.5) is 10.1 Å². The van der Waals surface area contributed by atoms with Crippen molar-refractivity contribution < 1.29 is 18.7 Å². The SMILES string of the molecule is COCCOC(=O)C(C)Sc1cc(/N=c2/sc(=O)n3n2CCCC3)c(F)cc1Cl. The van der Waals surface area contributed by atoms with Crippen LogP contribution < -0.4 is 9.67 Å². The van der Waals surface area contributed by atoms with Crippen molar-refractivity contribution in [2.75, 3.05) is 20.3 Å². The molecule has 7 nitrogen and oxygen atoms in total. The highest BCUT2D eigenvalue weighted by Crippen LogP contribution is 2.35.